The molecule has 1 atom stereocenters. The molecule has 0 saturated carbocycles. The average Bonchev–Trinajstić information content (AvgIpc) is 3.31. The maximum Gasteiger partial charge on any atom is 0.283 e. The van der Waals surface area contributed by atoms with E-state index in [4.69, 9.17) is 8.83 Å². The highest BCUT2D eigenvalue weighted by Crippen LogP contribution is 2.25. The fourth-order valence-electron chi connectivity index (χ4n) is 3.27. The maximum absolute atomic E-state index is 5.79. The van der Waals surface area contributed by atoms with E-state index in [1.165, 1.54) is 12.0 Å². The van der Waals surface area contributed by atoms with Crippen LogP contribution in [0.5, 0.6) is 0 Å². The molecule has 1 aliphatic heterocycles. The van der Waals surface area contributed by atoms with E-state index in [1.807, 2.05) is 23.9 Å². The van der Waals surface area contributed by atoms with E-state index in [9.17, 15) is 0 Å². The van der Waals surface area contributed by atoms with Gasteiger partial charge >= 0.3 is 0 Å². The molecule has 24 heavy (non-hydrogen) atoms. The van der Waals surface area contributed by atoms with Gasteiger partial charge in [0.05, 0.1) is 25.5 Å². The summed E-state index contributed by atoms with van der Waals surface area (Å²) < 4.78 is 13.2. The highest BCUT2D eigenvalue weighted by Gasteiger charge is 2.27. The van der Waals surface area contributed by atoms with Crippen molar-refractivity contribution in [3.8, 4) is 11.7 Å². The number of nitrogens with zero attached hydrogens (tertiary/aromatic N) is 5. The normalized spacial score (nSPS) is 18.5. The number of aromatic nitrogens is 4. The zero-order chi connectivity index (χ0) is 16.5. The van der Waals surface area contributed by atoms with Crippen LogP contribution in [-0.4, -0.2) is 37.5 Å². The third-order valence-electron chi connectivity index (χ3n) is 4.52. The zero-order valence-electron chi connectivity index (χ0n) is 14.0. The van der Waals surface area contributed by atoms with Crippen molar-refractivity contribution in [3.05, 3.63) is 41.7 Å². The Labute approximate surface area is 140 Å². The molecule has 0 aromatic carbocycles. The topological polar surface area (TPSA) is 73.1 Å². The lowest BCUT2D eigenvalue weighted by molar-refractivity contribution is 0.200. The molecule has 1 saturated heterocycles. The molecule has 1 aliphatic rings. The summed E-state index contributed by atoms with van der Waals surface area (Å²) in [4.78, 5) is 2.39. The van der Waals surface area contributed by atoms with Crippen molar-refractivity contribution in [1.82, 2.24) is 24.9 Å². The van der Waals surface area contributed by atoms with Crippen molar-refractivity contribution in [2.45, 2.75) is 45.8 Å². The van der Waals surface area contributed by atoms with E-state index < -0.39 is 0 Å². The lowest BCUT2D eigenvalue weighted by atomic mass is 10.2. The predicted octanol–water partition coefficient (Wildman–Crippen LogP) is 2.81. The Balaban J connectivity index is 1.44. The molecule has 0 amide bonds. The van der Waals surface area contributed by atoms with Crippen LogP contribution >= 0.6 is 0 Å². The van der Waals surface area contributed by atoms with Gasteiger partial charge < -0.3 is 8.83 Å². The second kappa shape index (κ2) is 6.24. The second-order valence-electron chi connectivity index (χ2n) is 6.44. The molecule has 126 valence electrons. The van der Waals surface area contributed by atoms with E-state index in [0.717, 1.165) is 25.1 Å². The van der Waals surface area contributed by atoms with Crippen LogP contribution < -0.4 is 0 Å². The number of hydrogen-bond acceptors (Lipinski definition) is 6. The fourth-order valence-corrected chi connectivity index (χ4v) is 3.27. The van der Waals surface area contributed by atoms with E-state index in [1.54, 1.807) is 6.26 Å². The Morgan fingerprint density at radius 3 is 2.96 bits per heavy atom. The largest absolute Gasteiger partial charge is 0.459 e. The molecule has 0 aliphatic carbocycles. The first-order valence-electron chi connectivity index (χ1n) is 8.29. The quantitative estimate of drug-likeness (QED) is 0.717. The predicted molar refractivity (Wildman–Crippen MR) is 87.1 cm³/mol. The lowest BCUT2D eigenvalue weighted by Crippen LogP contribution is -2.32. The fraction of sp³-hybridized carbons (Fsp3) is 0.471. The van der Waals surface area contributed by atoms with E-state index in [-0.39, 0.29) is 0 Å². The van der Waals surface area contributed by atoms with Crippen molar-refractivity contribution in [1.29, 1.82) is 0 Å². The SMILES string of the molecule is Cc1cnn(C[C@H]2CCCN2Cc2nnc(-c3occc3C)o2)c1. The van der Waals surface area contributed by atoms with Gasteiger partial charge in [-0.1, -0.05) is 0 Å². The van der Waals surface area contributed by atoms with Crippen molar-refractivity contribution in [3.63, 3.8) is 0 Å². The Hall–Kier alpha value is -2.41. The molecule has 0 unspecified atom stereocenters. The summed E-state index contributed by atoms with van der Waals surface area (Å²) in [6.07, 6.45) is 7.97. The molecule has 3 aromatic rings. The molecule has 3 aromatic heterocycles. The van der Waals surface area contributed by atoms with Crippen LogP contribution in [0.25, 0.3) is 11.7 Å². The number of likely N-dealkylation sites (tertiary alicyclic amines) is 1. The van der Waals surface area contributed by atoms with Crippen molar-refractivity contribution in [2.75, 3.05) is 6.54 Å². The molecule has 0 N–H and O–H groups in total. The van der Waals surface area contributed by atoms with Gasteiger partial charge in [-0.2, -0.15) is 5.10 Å². The summed E-state index contributed by atoms with van der Waals surface area (Å²) in [5.41, 5.74) is 2.19. The Bertz CT molecular complexity index is 818. The molecule has 7 nitrogen and oxygen atoms in total. The minimum Gasteiger partial charge on any atom is -0.459 e. The summed E-state index contributed by atoms with van der Waals surface area (Å²) in [5.74, 6) is 1.73. The third kappa shape index (κ3) is 2.99. The molecule has 1 fully saturated rings. The van der Waals surface area contributed by atoms with E-state index in [0.29, 0.717) is 30.1 Å². The number of hydrogen-bond donors (Lipinski definition) is 0. The first kappa shape index (κ1) is 15.1. The van der Waals surface area contributed by atoms with Gasteiger partial charge in [0.1, 0.15) is 0 Å². The van der Waals surface area contributed by atoms with Gasteiger partial charge in [0, 0.05) is 17.8 Å². The highest BCUT2D eigenvalue weighted by molar-refractivity contribution is 5.49. The first-order chi connectivity index (χ1) is 11.7. The van der Waals surface area contributed by atoms with Gasteiger partial charge in [-0.15, -0.1) is 10.2 Å². The summed E-state index contributed by atoms with van der Waals surface area (Å²) in [6, 6.07) is 2.34. The van der Waals surface area contributed by atoms with Crippen molar-refractivity contribution < 1.29 is 8.83 Å². The van der Waals surface area contributed by atoms with Crippen LogP contribution in [-0.2, 0) is 13.1 Å². The van der Waals surface area contributed by atoms with E-state index >= 15 is 0 Å². The maximum atomic E-state index is 5.79. The van der Waals surface area contributed by atoms with Crippen molar-refractivity contribution >= 4 is 0 Å². The van der Waals surface area contributed by atoms with Gasteiger partial charge in [0.2, 0.25) is 5.89 Å². The van der Waals surface area contributed by atoms with Crippen LogP contribution in [0.2, 0.25) is 0 Å². The first-order valence-corrected chi connectivity index (χ1v) is 8.29. The minimum atomic E-state index is 0.449. The van der Waals surface area contributed by atoms with Gasteiger partial charge in [-0.3, -0.25) is 9.58 Å². The second-order valence-corrected chi connectivity index (χ2v) is 6.44. The summed E-state index contributed by atoms with van der Waals surface area (Å²) >= 11 is 0. The number of aryl methyl sites for hydroxylation is 2. The average molecular weight is 327 g/mol. The monoisotopic (exact) mass is 327 g/mol. The van der Waals surface area contributed by atoms with Crippen LogP contribution in [0.3, 0.4) is 0 Å². The summed E-state index contributed by atoms with van der Waals surface area (Å²) in [6.45, 7) is 6.63. The molecule has 7 heteroatoms. The smallest absolute Gasteiger partial charge is 0.283 e. The van der Waals surface area contributed by atoms with Gasteiger partial charge in [-0.05, 0) is 44.9 Å². The molecule has 0 radical (unpaired) electrons. The Morgan fingerprint density at radius 1 is 1.29 bits per heavy atom. The standard InChI is InChI=1S/C17H21N5O2/c1-12-8-18-22(9-12)10-14-4-3-6-21(14)11-15-19-20-17(24-15)16-13(2)5-7-23-16/h5,7-9,14H,3-4,6,10-11H2,1-2H3/t14-/m1/s1. The Kier molecular flexibility index (Phi) is 3.93. The van der Waals surface area contributed by atoms with Crippen LogP contribution in [0, 0.1) is 13.8 Å². The summed E-state index contributed by atoms with van der Waals surface area (Å²) in [5, 5.41) is 12.7. The Morgan fingerprint density at radius 2 is 2.21 bits per heavy atom. The van der Waals surface area contributed by atoms with Crippen LogP contribution in [0.1, 0.15) is 29.9 Å². The molecule has 0 spiro atoms. The molecule has 4 rings (SSSR count). The number of furan rings is 1. The lowest BCUT2D eigenvalue weighted by Gasteiger charge is -2.22. The van der Waals surface area contributed by atoms with Crippen LogP contribution in [0.15, 0.2) is 33.6 Å². The molecular weight excluding hydrogens is 306 g/mol. The van der Waals surface area contributed by atoms with E-state index in [2.05, 4.69) is 33.3 Å². The number of rotatable bonds is 5. The van der Waals surface area contributed by atoms with Crippen molar-refractivity contribution in [2.24, 2.45) is 0 Å². The van der Waals surface area contributed by atoms with Gasteiger partial charge in [0.15, 0.2) is 5.76 Å². The van der Waals surface area contributed by atoms with Gasteiger partial charge in [0.25, 0.3) is 5.89 Å². The highest BCUT2D eigenvalue weighted by atomic mass is 16.4. The summed E-state index contributed by atoms with van der Waals surface area (Å²) in [7, 11) is 0. The molecular formula is C17H21N5O2. The third-order valence-corrected chi connectivity index (χ3v) is 4.52. The van der Waals surface area contributed by atoms with Crippen LogP contribution in [0.4, 0.5) is 0 Å². The minimum absolute atomic E-state index is 0.449. The molecule has 0 bridgehead atoms. The van der Waals surface area contributed by atoms with Gasteiger partial charge in [-0.25, -0.2) is 0 Å². The molecule has 4 heterocycles. The zero-order valence-corrected chi connectivity index (χ0v) is 14.0.